The molecule has 0 saturated carbocycles. The number of carbonyl (C=O) groups excluding carboxylic acids is 1. The summed E-state index contributed by atoms with van der Waals surface area (Å²) in [6.45, 7) is 0.277. The molecular weight excluding hydrogens is 254 g/mol. The fourth-order valence-corrected chi connectivity index (χ4v) is 1.62. The van der Waals surface area contributed by atoms with E-state index in [1.165, 1.54) is 11.9 Å². The van der Waals surface area contributed by atoms with E-state index in [1.807, 2.05) is 12.1 Å². The zero-order valence-electron chi connectivity index (χ0n) is 10.7. The molecule has 0 spiro atoms. The number of amides is 1. The fraction of sp³-hybridized carbons (Fsp3) is 0.455. The molecule has 18 heavy (non-hydrogen) atoms. The van der Waals surface area contributed by atoms with Gasteiger partial charge in [-0.05, 0) is 17.7 Å². The second-order valence-electron chi connectivity index (χ2n) is 4.12. The normalized spacial score (nSPS) is 11.6. The van der Waals surface area contributed by atoms with Crippen LogP contribution in [-0.4, -0.2) is 55.4 Å². The van der Waals surface area contributed by atoms with Crippen molar-refractivity contribution < 1.29 is 13.2 Å². The number of carbonyl (C=O) groups is 1. The number of hydrogen-bond donors (Lipinski definition) is 0. The van der Waals surface area contributed by atoms with Crippen LogP contribution in [0.4, 0.5) is 0 Å². The molecule has 0 aliphatic heterocycles. The number of hydrogen-bond acceptors (Lipinski definition) is 4. The first-order valence-electron chi connectivity index (χ1n) is 5.35. The van der Waals surface area contributed by atoms with Gasteiger partial charge in [0.1, 0.15) is 0 Å². The van der Waals surface area contributed by atoms with Crippen molar-refractivity contribution in [3.8, 4) is 0 Å². The lowest BCUT2D eigenvalue weighted by atomic mass is 10.2. The second-order valence-corrected chi connectivity index (χ2v) is 6.21. The molecule has 1 heterocycles. The van der Waals surface area contributed by atoms with Crippen LogP contribution in [0.5, 0.6) is 0 Å². The third-order valence-electron chi connectivity index (χ3n) is 2.52. The molecule has 0 unspecified atom stereocenters. The Kier molecular flexibility index (Phi) is 4.80. The van der Waals surface area contributed by atoms with Gasteiger partial charge in [0.2, 0.25) is 15.9 Å². The van der Waals surface area contributed by atoms with Gasteiger partial charge in [-0.3, -0.25) is 9.78 Å². The Bertz CT molecular complexity index is 502. The zero-order valence-corrected chi connectivity index (χ0v) is 11.5. The third kappa shape index (κ3) is 4.42. The van der Waals surface area contributed by atoms with E-state index in [4.69, 9.17) is 0 Å². The molecule has 0 aliphatic carbocycles. The van der Waals surface area contributed by atoms with Crippen molar-refractivity contribution in [1.29, 1.82) is 0 Å². The maximum atomic E-state index is 11.8. The lowest BCUT2D eigenvalue weighted by Crippen LogP contribution is -2.38. The number of nitrogens with zero attached hydrogens (tertiary/aromatic N) is 3. The first-order valence-corrected chi connectivity index (χ1v) is 7.19. The summed E-state index contributed by atoms with van der Waals surface area (Å²) in [6, 6.07) is 3.62. The highest BCUT2D eigenvalue weighted by molar-refractivity contribution is 7.88. The minimum atomic E-state index is -3.33. The summed E-state index contributed by atoms with van der Waals surface area (Å²) in [7, 11) is -0.308. The molecule has 0 fully saturated rings. The molecule has 0 aromatic carbocycles. The maximum Gasteiger partial charge on any atom is 0.237 e. The summed E-state index contributed by atoms with van der Waals surface area (Å²) in [4.78, 5) is 17.2. The highest BCUT2D eigenvalue weighted by atomic mass is 32.2. The van der Waals surface area contributed by atoms with Gasteiger partial charge in [-0.2, -0.15) is 4.31 Å². The van der Waals surface area contributed by atoms with Gasteiger partial charge in [0.25, 0.3) is 0 Å². The molecule has 1 aromatic heterocycles. The van der Waals surface area contributed by atoms with Gasteiger partial charge in [0.05, 0.1) is 12.8 Å². The topological polar surface area (TPSA) is 70.6 Å². The molecule has 1 rings (SSSR count). The van der Waals surface area contributed by atoms with Gasteiger partial charge in [-0.1, -0.05) is 0 Å². The minimum Gasteiger partial charge on any atom is -0.340 e. The van der Waals surface area contributed by atoms with Gasteiger partial charge < -0.3 is 4.90 Å². The van der Waals surface area contributed by atoms with E-state index in [1.54, 1.807) is 19.4 Å². The Balaban J connectivity index is 2.58. The van der Waals surface area contributed by atoms with Crippen LogP contribution in [-0.2, 0) is 21.4 Å². The third-order valence-corrected chi connectivity index (χ3v) is 3.78. The monoisotopic (exact) mass is 271 g/mol. The fourth-order valence-electron chi connectivity index (χ4n) is 1.28. The molecule has 1 amide bonds. The van der Waals surface area contributed by atoms with Gasteiger partial charge in [-0.15, -0.1) is 0 Å². The molecule has 0 N–H and O–H groups in total. The smallest absolute Gasteiger partial charge is 0.237 e. The zero-order chi connectivity index (χ0) is 13.8. The van der Waals surface area contributed by atoms with E-state index in [0.717, 1.165) is 16.1 Å². The van der Waals surface area contributed by atoms with Crippen LogP contribution in [0.3, 0.4) is 0 Å². The number of sulfonamides is 1. The first-order chi connectivity index (χ1) is 8.30. The van der Waals surface area contributed by atoms with Crippen LogP contribution in [0.1, 0.15) is 5.56 Å². The maximum absolute atomic E-state index is 11.8. The summed E-state index contributed by atoms with van der Waals surface area (Å²) in [6.07, 6.45) is 4.37. The Labute approximate surface area is 107 Å². The van der Waals surface area contributed by atoms with Crippen molar-refractivity contribution >= 4 is 15.9 Å². The highest BCUT2D eigenvalue weighted by Gasteiger charge is 2.17. The molecular formula is C11H17N3O3S. The Morgan fingerprint density at radius 1 is 1.28 bits per heavy atom. The first kappa shape index (κ1) is 14.6. The number of pyridine rings is 1. The van der Waals surface area contributed by atoms with Gasteiger partial charge >= 0.3 is 0 Å². The van der Waals surface area contributed by atoms with Crippen molar-refractivity contribution in [2.24, 2.45) is 0 Å². The Hall–Kier alpha value is -1.47. The van der Waals surface area contributed by atoms with Crippen molar-refractivity contribution in [2.75, 3.05) is 26.9 Å². The standard InChI is InChI=1S/C11H17N3O3S/c1-13(8-10-4-6-12-7-5-10)11(15)9-14(2)18(3,16)17/h4-7H,8-9H2,1-3H3. The van der Waals surface area contributed by atoms with Crippen molar-refractivity contribution in [3.63, 3.8) is 0 Å². The second kappa shape index (κ2) is 5.92. The summed E-state index contributed by atoms with van der Waals surface area (Å²) in [5, 5.41) is 0. The number of rotatable bonds is 5. The molecule has 7 heteroatoms. The Morgan fingerprint density at radius 3 is 2.33 bits per heavy atom. The van der Waals surface area contributed by atoms with Gasteiger partial charge in [0, 0.05) is 33.0 Å². The van der Waals surface area contributed by atoms with Crippen molar-refractivity contribution in [3.05, 3.63) is 30.1 Å². The minimum absolute atomic E-state index is 0.152. The average Bonchev–Trinajstić information content (AvgIpc) is 2.28. The molecule has 1 aromatic rings. The van der Waals surface area contributed by atoms with E-state index in [9.17, 15) is 13.2 Å². The Morgan fingerprint density at radius 2 is 1.83 bits per heavy atom. The van der Waals surface area contributed by atoms with E-state index in [2.05, 4.69) is 4.98 Å². The van der Waals surface area contributed by atoms with Crippen LogP contribution in [0.2, 0.25) is 0 Å². The van der Waals surface area contributed by atoms with Crippen LogP contribution in [0.25, 0.3) is 0 Å². The average molecular weight is 271 g/mol. The summed E-state index contributed by atoms with van der Waals surface area (Å²) in [5.74, 6) is -0.250. The van der Waals surface area contributed by atoms with Crippen molar-refractivity contribution in [2.45, 2.75) is 6.54 Å². The molecule has 0 aliphatic rings. The molecule has 0 bridgehead atoms. The quantitative estimate of drug-likeness (QED) is 0.751. The largest absolute Gasteiger partial charge is 0.340 e. The van der Waals surface area contributed by atoms with Gasteiger partial charge in [-0.25, -0.2) is 8.42 Å². The van der Waals surface area contributed by atoms with E-state index in [-0.39, 0.29) is 12.5 Å². The van der Waals surface area contributed by atoms with E-state index >= 15 is 0 Å². The van der Waals surface area contributed by atoms with Crippen molar-refractivity contribution in [1.82, 2.24) is 14.2 Å². The molecule has 0 radical (unpaired) electrons. The molecule has 0 saturated heterocycles. The lowest BCUT2D eigenvalue weighted by Gasteiger charge is -2.20. The van der Waals surface area contributed by atoms with Crippen LogP contribution < -0.4 is 0 Å². The number of aromatic nitrogens is 1. The molecule has 0 atom stereocenters. The van der Waals surface area contributed by atoms with Crippen LogP contribution in [0.15, 0.2) is 24.5 Å². The SMILES string of the molecule is CN(Cc1ccncc1)C(=O)CN(C)S(C)(=O)=O. The predicted molar refractivity (Wildman–Crippen MR) is 68.2 cm³/mol. The van der Waals surface area contributed by atoms with E-state index in [0.29, 0.717) is 6.54 Å². The summed E-state index contributed by atoms with van der Waals surface area (Å²) in [5.41, 5.74) is 0.947. The lowest BCUT2D eigenvalue weighted by molar-refractivity contribution is -0.130. The summed E-state index contributed by atoms with van der Waals surface area (Å²) < 4.78 is 23.4. The predicted octanol–water partition coefficient (Wildman–Crippen LogP) is -0.0686. The summed E-state index contributed by atoms with van der Waals surface area (Å²) >= 11 is 0. The van der Waals surface area contributed by atoms with Crippen LogP contribution >= 0.6 is 0 Å². The highest BCUT2D eigenvalue weighted by Crippen LogP contribution is 2.02. The van der Waals surface area contributed by atoms with E-state index < -0.39 is 10.0 Å². The number of likely N-dealkylation sites (N-methyl/N-ethyl adjacent to an activating group) is 2. The molecule has 100 valence electrons. The van der Waals surface area contributed by atoms with Gasteiger partial charge in [0.15, 0.2) is 0 Å². The van der Waals surface area contributed by atoms with Crippen LogP contribution in [0, 0.1) is 0 Å². The molecule has 6 nitrogen and oxygen atoms in total.